The van der Waals surface area contributed by atoms with E-state index in [1.807, 2.05) is 0 Å². The van der Waals surface area contributed by atoms with Crippen LogP contribution >= 0.6 is 22.6 Å². The number of hydrogen-bond donors (Lipinski definition) is 0. The Hall–Kier alpha value is 0.790. The van der Waals surface area contributed by atoms with E-state index in [-0.39, 0.29) is 0 Å². The summed E-state index contributed by atoms with van der Waals surface area (Å²) >= 11 is 2.12. The summed E-state index contributed by atoms with van der Waals surface area (Å²) in [4.78, 5) is 0. The summed E-state index contributed by atoms with van der Waals surface area (Å²) in [6.45, 7) is 3.42. The van der Waals surface area contributed by atoms with Crippen LogP contribution in [0.2, 0.25) is 0 Å². The Morgan fingerprint density at radius 3 is 2.86 bits per heavy atom. The van der Waals surface area contributed by atoms with Gasteiger partial charge in [-0.05, 0) is 0 Å². The molecule has 0 aromatic rings. The summed E-state index contributed by atoms with van der Waals surface area (Å²) < 4.78 is 5.51. The van der Waals surface area contributed by atoms with Crippen molar-refractivity contribution in [3.8, 4) is 0 Å². The maximum atomic E-state index is 4.81. The molecule has 0 rings (SSSR count). The normalized spacial score (nSPS) is 6.29. The van der Waals surface area contributed by atoms with Crippen LogP contribution in [0.5, 0.6) is 0 Å². The van der Waals surface area contributed by atoms with Crippen LogP contribution in [0.3, 0.4) is 0 Å². The van der Waals surface area contributed by atoms with Gasteiger partial charge in [0, 0.05) is 0 Å². The van der Waals surface area contributed by atoms with Crippen LogP contribution in [-0.2, 0) is 4.65 Å². The minimum atomic E-state index is 0.697. The Kier molecular flexibility index (Phi) is 7.56. The molecule has 0 bridgehead atoms. The molecule has 0 aliphatic heterocycles. The first-order chi connectivity index (χ1) is 3.41. The predicted octanol–water partition coefficient (Wildman–Crippen LogP) is -0.931. The molecule has 0 heterocycles. The summed E-state index contributed by atoms with van der Waals surface area (Å²) in [5.74, 6) is 0. The molecular formula is CH3B4IO. The summed E-state index contributed by atoms with van der Waals surface area (Å²) in [6, 6.07) is 0. The van der Waals surface area contributed by atoms with Gasteiger partial charge in [0.05, 0.1) is 0 Å². The molecule has 7 heavy (non-hydrogen) atoms. The van der Waals surface area contributed by atoms with E-state index in [1.54, 1.807) is 20.4 Å². The summed E-state index contributed by atoms with van der Waals surface area (Å²) in [7, 11) is 5.07. The molecule has 32 valence electrons. The van der Waals surface area contributed by atoms with Gasteiger partial charge in [-0.25, -0.2) is 0 Å². The van der Waals surface area contributed by atoms with Crippen LogP contribution in [0.4, 0.5) is 0 Å². The van der Waals surface area contributed by atoms with Gasteiger partial charge in [-0.1, -0.05) is 0 Å². The van der Waals surface area contributed by atoms with Crippen LogP contribution < -0.4 is 0 Å². The van der Waals surface area contributed by atoms with Gasteiger partial charge in [-0.2, -0.15) is 0 Å². The first-order valence-corrected chi connectivity index (χ1v) is 3.39. The van der Waals surface area contributed by atoms with E-state index < -0.39 is 0 Å². The van der Waals surface area contributed by atoms with Crippen molar-refractivity contribution in [2.45, 2.75) is 0 Å². The van der Waals surface area contributed by atoms with Crippen LogP contribution in [0, 0.1) is 0 Å². The molecule has 0 saturated heterocycles. The fraction of sp³-hybridized carbons (Fsp3) is 1.00. The first kappa shape index (κ1) is 7.79. The molecule has 0 fully saturated rings. The number of alkyl halides is 1. The average molecular weight is 201 g/mol. The zero-order valence-corrected chi connectivity index (χ0v) is 6.09. The third-order valence-electron chi connectivity index (χ3n) is 0.374. The molecule has 0 saturated carbocycles. The summed E-state index contributed by atoms with van der Waals surface area (Å²) in [5, 5.41) is 0. The Morgan fingerprint density at radius 2 is 2.43 bits per heavy atom. The predicted molar refractivity (Wildman–Crippen MR) is 44.4 cm³/mol. The zero-order chi connectivity index (χ0) is 5.54. The van der Waals surface area contributed by atoms with Crippen LogP contribution in [0.25, 0.3) is 0 Å². The number of hydrogen-bond acceptors (Lipinski definition) is 1. The van der Waals surface area contributed by atoms with E-state index in [0.29, 0.717) is 4.61 Å². The Bertz CT molecular complexity index is 72.1. The monoisotopic (exact) mass is 202 g/mol. The van der Waals surface area contributed by atoms with Crippen molar-refractivity contribution in [1.29, 1.82) is 0 Å². The van der Waals surface area contributed by atoms with Gasteiger partial charge in [-0.3, -0.25) is 0 Å². The standard InChI is InChI=1S/CH3B4IO/c2-3-4-5-7-1-6/h2H,1H2. The topological polar surface area (TPSA) is 9.23 Å². The molecule has 1 nitrogen and oxygen atoms in total. The minimum absolute atomic E-state index is 0.697. The van der Waals surface area contributed by atoms with Gasteiger partial charge in [0.2, 0.25) is 0 Å². The SMILES string of the molecule is B=BB=BOCI. The van der Waals surface area contributed by atoms with Crippen molar-refractivity contribution in [2.75, 3.05) is 4.61 Å². The van der Waals surface area contributed by atoms with Gasteiger partial charge >= 0.3 is 59.6 Å². The van der Waals surface area contributed by atoms with Crippen molar-refractivity contribution in [1.82, 2.24) is 0 Å². The molecule has 0 aromatic carbocycles. The van der Waals surface area contributed by atoms with E-state index in [0.717, 1.165) is 0 Å². The number of rotatable bonds is 3. The number of halogens is 1. The molecule has 0 aliphatic rings. The first-order valence-electron chi connectivity index (χ1n) is 1.87. The van der Waals surface area contributed by atoms with E-state index in [2.05, 4.69) is 30.0 Å². The van der Waals surface area contributed by atoms with E-state index in [4.69, 9.17) is 4.65 Å². The van der Waals surface area contributed by atoms with Crippen molar-refractivity contribution in [3.63, 3.8) is 0 Å². The van der Waals surface area contributed by atoms with Crippen LogP contribution in [-0.4, -0.2) is 32.4 Å². The Labute approximate surface area is 59.7 Å². The summed E-state index contributed by atoms with van der Waals surface area (Å²) in [6.07, 6.45) is 0. The fourth-order valence-corrected chi connectivity index (χ4v) is 0.355. The Balaban J connectivity index is 2.92. The van der Waals surface area contributed by atoms with Crippen molar-refractivity contribution in [3.05, 3.63) is 0 Å². The molecule has 0 unspecified atom stereocenters. The van der Waals surface area contributed by atoms with Crippen molar-refractivity contribution < 1.29 is 4.65 Å². The third-order valence-corrected chi connectivity index (χ3v) is 0.733. The molecule has 0 aliphatic carbocycles. The third kappa shape index (κ3) is 6.79. The molecule has 0 aromatic heterocycles. The van der Waals surface area contributed by atoms with Gasteiger partial charge in [0.1, 0.15) is 0 Å². The van der Waals surface area contributed by atoms with E-state index >= 15 is 0 Å². The molecule has 0 atom stereocenters. The van der Waals surface area contributed by atoms with Gasteiger partial charge in [0.15, 0.2) is 0 Å². The second-order valence-electron chi connectivity index (χ2n) is 0.840. The van der Waals surface area contributed by atoms with Crippen molar-refractivity contribution in [2.24, 2.45) is 0 Å². The second kappa shape index (κ2) is 6.79. The van der Waals surface area contributed by atoms with Gasteiger partial charge in [0.25, 0.3) is 0 Å². The average Bonchev–Trinajstić information content (AvgIpc) is 1.69. The van der Waals surface area contributed by atoms with E-state index in [9.17, 15) is 0 Å². The Morgan fingerprint density at radius 1 is 1.71 bits per heavy atom. The molecule has 0 radical (unpaired) electrons. The fourth-order valence-electron chi connectivity index (χ4n) is 0.147. The molecule has 0 N–H and O–H groups in total. The van der Waals surface area contributed by atoms with Crippen LogP contribution in [0.1, 0.15) is 0 Å². The summed E-state index contributed by atoms with van der Waals surface area (Å²) in [5.41, 5.74) is 0. The molecule has 6 heteroatoms. The quantitative estimate of drug-likeness (QED) is 0.325. The van der Waals surface area contributed by atoms with Gasteiger partial charge < -0.3 is 0 Å². The molecular weight excluding hydrogens is 198 g/mol. The van der Waals surface area contributed by atoms with Crippen LogP contribution in [0.15, 0.2) is 0 Å². The second-order valence-corrected chi connectivity index (χ2v) is 1.46. The van der Waals surface area contributed by atoms with Crippen molar-refractivity contribution >= 4 is 50.3 Å². The van der Waals surface area contributed by atoms with Gasteiger partial charge in [-0.15, -0.1) is 0 Å². The molecule has 0 amide bonds. The van der Waals surface area contributed by atoms with E-state index in [1.165, 1.54) is 0 Å². The molecule has 0 spiro atoms. The zero-order valence-electron chi connectivity index (χ0n) is 3.93. The maximum absolute atomic E-state index is 4.81.